The summed E-state index contributed by atoms with van der Waals surface area (Å²) >= 11 is 0. The molecule has 3 aromatic rings. The van der Waals surface area contributed by atoms with E-state index in [2.05, 4.69) is 20.2 Å². The largest absolute Gasteiger partial charge is 0.482 e. The Balaban J connectivity index is 1.35. The summed E-state index contributed by atoms with van der Waals surface area (Å²) in [7, 11) is -3.77. The number of benzene rings is 2. The Labute approximate surface area is 208 Å². The van der Waals surface area contributed by atoms with E-state index in [0.717, 1.165) is 25.2 Å². The van der Waals surface area contributed by atoms with Crippen molar-refractivity contribution in [1.29, 1.82) is 0 Å². The molecule has 1 aromatic heterocycles. The molecule has 3 N–H and O–H groups in total. The number of hydrogen-bond donors (Lipinski definition) is 2. The molecule has 1 fully saturated rings. The van der Waals surface area contributed by atoms with Crippen LogP contribution in [0.5, 0.6) is 5.75 Å². The molecule has 0 radical (unpaired) electrons. The number of amides is 1. The van der Waals surface area contributed by atoms with E-state index in [9.17, 15) is 13.2 Å². The van der Waals surface area contributed by atoms with E-state index in [1.54, 1.807) is 29.3 Å². The first kappa shape index (κ1) is 24.1. The molecule has 0 atom stereocenters. The molecule has 2 aliphatic heterocycles. The van der Waals surface area contributed by atoms with Crippen molar-refractivity contribution in [3.05, 3.63) is 54.7 Å². The van der Waals surface area contributed by atoms with Gasteiger partial charge in [-0.1, -0.05) is 0 Å². The zero-order valence-electron chi connectivity index (χ0n) is 19.5. The molecular formula is C24H26N6O5S. The third-order valence-electron chi connectivity index (χ3n) is 6.04. The van der Waals surface area contributed by atoms with Crippen molar-refractivity contribution < 1.29 is 22.7 Å². The minimum atomic E-state index is -3.77. The zero-order valence-corrected chi connectivity index (χ0v) is 20.3. The molecule has 11 nitrogen and oxygen atoms in total. The standard InChI is InChI=1S/C24H26N6O5S/c25-36(32,33)19-4-2-18(3-5-19)27-24-26-8-7-20(28-24)17-1-6-22-21(15-17)30(23(31)16-35-22)10-9-29-11-13-34-14-12-29/h1-8,15H,9-14,16H2,(H2,25,32,33)(H,26,27,28). The third-order valence-corrected chi connectivity index (χ3v) is 6.97. The van der Waals surface area contributed by atoms with Crippen molar-refractivity contribution in [3.8, 4) is 17.0 Å². The number of primary sulfonamides is 1. The minimum Gasteiger partial charge on any atom is -0.482 e. The second kappa shape index (κ2) is 10.2. The smallest absolute Gasteiger partial charge is 0.265 e. The van der Waals surface area contributed by atoms with Gasteiger partial charge in [-0.25, -0.2) is 23.5 Å². The Morgan fingerprint density at radius 2 is 1.81 bits per heavy atom. The number of ether oxygens (including phenoxy) is 2. The van der Waals surface area contributed by atoms with Gasteiger partial charge in [-0.05, 0) is 48.5 Å². The number of nitrogens with one attached hydrogen (secondary N) is 1. The quantitative estimate of drug-likeness (QED) is 0.485. The lowest BCUT2D eigenvalue weighted by atomic mass is 10.1. The van der Waals surface area contributed by atoms with Crippen molar-refractivity contribution in [1.82, 2.24) is 14.9 Å². The summed E-state index contributed by atoms with van der Waals surface area (Å²) in [6, 6.07) is 13.4. The van der Waals surface area contributed by atoms with Crippen molar-refractivity contribution in [2.75, 3.05) is 56.2 Å². The number of aromatic nitrogens is 2. The lowest BCUT2D eigenvalue weighted by Gasteiger charge is -2.33. The molecule has 0 saturated carbocycles. The van der Waals surface area contributed by atoms with Gasteiger partial charge in [0.1, 0.15) is 5.75 Å². The molecule has 36 heavy (non-hydrogen) atoms. The maximum absolute atomic E-state index is 12.7. The highest BCUT2D eigenvalue weighted by Gasteiger charge is 2.27. The van der Waals surface area contributed by atoms with Crippen molar-refractivity contribution >= 4 is 33.3 Å². The van der Waals surface area contributed by atoms with Gasteiger partial charge in [0.25, 0.3) is 5.91 Å². The lowest BCUT2D eigenvalue weighted by molar-refractivity contribution is -0.121. The molecule has 0 spiro atoms. The Bertz CT molecular complexity index is 1360. The fraction of sp³-hybridized carbons (Fsp3) is 0.292. The van der Waals surface area contributed by atoms with Gasteiger partial charge in [0.2, 0.25) is 16.0 Å². The number of nitrogens with two attached hydrogens (primary N) is 1. The molecule has 1 saturated heterocycles. The summed E-state index contributed by atoms with van der Waals surface area (Å²) in [6.07, 6.45) is 1.63. The fourth-order valence-electron chi connectivity index (χ4n) is 4.11. The van der Waals surface area contributed by atoms with Crippen LogP contribution in [0.25, 0.3) is 11.3 Å². The lowest BCUT2D eigenvalue weighted by Crippen LogP contribution is -2.45. The van der Waals surface area contributed by atoms with Crippen LogP contribution in [0.2, 0.25) is 0 Å². The van der Waals surface area contributed by atoms with Gasteiger partial charge in [0, 0.05) is 43.6 Å². The predicted molar refractivity (Wildman–Crippen MR) is 134 cm³/mol. The first-order valence-electron chi connectivity index (χ1n) is 11.5. The highest BCUT2D eigenvalue weighted by atomic mass is 32.2. The molecule has 12 heteroatoms. The third kappa shape index (κ3) is 5.46. The molecule has 0 aliphatic carbocycles. The normalized spacial score (nSPS) is 16.4. The molecule has 188 valence electrons. The summed E-state index contributed by atoms with van der Waals surface area (Å²) in [6.45, 7) is 4.45. The second-order valence-electron chi connectivity index (χ2n) is 8.43. The topological polar surface area (TPSA) is 140 Å². The summed E-state index contributed by atoms with van der Waals surface area (Å²) in [5, 5.41) is 8.22. The molecule has 2 aliphatic rings. The van der Waals surface area contributed by atoms with Crippen LogP contribution in [-0.4, -0.2) is 75.2 Å². The maximum Gasteiger partial charge on any atom is 0.265 e. The number of rotatable bonds is 7. The Kier molecular flexibility index (Phi) is 6.83. The number of morpholine rings is 1. The first-order chi connectivity index (χ1) is 17.4. The number of carbonyl (C=O) groups is 1. The van der Waals surface area contributed by atoms with Crippen LogP contribution in [0.15, 0.2) is 59.6 Å². The van der Waals surface area contributed by atoms with E-state index < -0.39 is 10.0 Å². The van der Waals surface area contributed by atoms with Gasteiger partial charge in [-0.2, -0.15) is 0 Å². The summed E-state index contributed by atoms with van der Waals surface area (Å²) < 4.78 is 34.0. The van der Waals surface area contributed by atoms with Crippen LogP contribution in [-0.2, 0) is 19.6 Å². The van der Waals surface area contributed by atoms with E-state index >= 15 is 0 Å². The van der Waals surface area contributed by atoms with Crippen LogP contribution in [0.4, 0.5) is 17.3 Å². The maximum atomic E-state index is 12.7. The Morgan fingerprint density at radius 3 is 2.56 bits per heavy atom. The average Bonchev–Trinajstić information content (AvgIpc) is 2.88. The van der Waals surface area contributed by atoms with Crippen LogP contribution in [0.3, 0.4) is 0 Å². The van der Waals surface area contributed by atoms with E-state index in [1.807, 2.05) is 18.2 Å². The van der Waals surface area contributed by atoms with Gasteiger partial charge in [-0.3, -0.25) is 9.69 Å². The molecule has 5 rings (SSSR count). The SMILES string of the molecule is NS(=O)(=O)c1ccc(Nc2nccc(-c3ccc4c(c3)N(CCN3CCOCC3)C(=O)CO4)n2)cc1. The average molecular weight is 511 g/mol. The minimum absolute atomic E-state index is 0.0152. The van der Waals surface area contributed by atoms with Crippen LogP contribution < -0.4 is 20.1 Å². The van der Waals surface area contributed by atoms with Gasteiger partial charge in [-0.15, -0.1) is 0 Å². The molecule has 0 bridgehead atoms. The highest BCUT2D eigenvalue weighted by molar-refractivity contribution is 7.89. The number of sulfonamides is 1. The summed E-state index contributed by atoms with van der Waals surface area (Å²) in [5.74, 6) is 0.911. The van der Waals surface area contributed by atoms with E-state index in [-0.39, 0.29) is 17.4 Å². The van der Waals surface area contributed by atoms with Crippen molar-refractivity contribution in [2.24, 2.45) is 5.14 Å². The predicted octanol–water partition coefficient (Wildman–Crippen LogP) is 1.59. The monoisotopic (exact) mass is 510 g/mol. The van der Waals surface area contributed by atoms with E-state index in [1.165, 1.54) is 12.1 Å². The van der Waals surface area contributed by atoms with Crippen LogP contribution >= 0.6 is 0 Å². The van der Waals surface area contributed by atoms with E-state index in [4.69, 9.17) is 14.6 Å². The molecule has 2 aromatic carbocycles. The summed E-state index contributed by atoms with van der Waals surface area (Å²) in [5.41, 5.74) is 2.78. The first-order valence-corrected chi connectivity index (χ1v) is 13.0. The van der Waals surface area contributed by atoms with Crippen molar-refractivity contribution in [3.63, 3.8) is 0 Å². The molecular weight excluding hydrogens is 484 g/mol. The molecule has 0 unspecified atom stereocenters. The molecule has 3 heterocycles. The highest BCUT2D eigenvalue weighted by Crippen LogP contribution is 2.35. The van der Waals surface area contributed by atoms with Crippen molar-refractivity contribution in [2.45, 2.75) is 4.90 Å². The van der Waals surface area contributed by atoms with Crippen LogP contribution in [0, 0.1) is 0 Å². The summed E-state index contributed by atoms with van der Waals surface area (Å²) in [4.78, 5) is 25.6. The van der Waals surface area contributed by atoms with Gasteiger partial charge in [0.05, 0.1) is 29.5 Å². The number of hydrogen-bond acceptors (Lipinski definition) is 9. The Morgan fingerprint density at radius 1 is 1.03 bits per heavy atom. The van der Waals surface area contributed by atoms with E-state index in [0.29, 0.717) is 48.5 Å². The van der Waals surface area contributed by atoms with Gasteiger partial charge < -0.3 is 19.7 Å². The number of anilines is 3. The number of fused-ring (bicyclic) bond motifs is 1. The van der Waals surface area contributed by atoms with Gasteiger partial charge >= 0.3 is 0 Å². The second-order valence-corrected chi connectivity index (χ2v) is 9.99. The number of nitrogens with zero attached hydrogens (tertiary/aromatic N) is 4. The number of carbonyl (C=O) groups excluding carboxylic acids is 1. The Hall–Kier alpha value is -3.58. The van der Waals surface area contributed by atoms with Crippen LogP contribution in [0.1, 0.15) is 0 Å². The molecule has 1 amide bonds. The zero-order chi connectivity index (χ0) is 25.1. The fourth-order valence-corrected chi connectivity index (χ4v) is 4.62. The van der Waals surface area contributed by atoms with Gasteiger partial charge in [0.15, 0.2) is 6.61 Å².